The molecule has 2 fully saturated rings. The number of hydrogen-bond donors (Lipinski definition) is 0. The second kappa shape index (κ2) is 8.40. The lowest BCUT2D eigenvalue weighted by molar-refractivity contribution is 0.121. The Morgan fingerprint density at radius 1 is 0.889 bits per heavy atom. The van der Waals surface area contributed by atoms with E-state index in [1.54, 1.807) is 12.3 Å². The first-order valence-electron chi connectivity index (χ1n) is 9.21. The Hall–Kier alpha value is -2.59. The maximum Gasteiger partial charge on any atom is 0.316 e. The summed E-state index contributed by atoms with van der Waals surface area (Å²) in [6, 6.07) is 2.10. The molecule has 2 aromatic heterocycles. The van der Waals surface area contributed by atoms with E-state index in [1.807, 2.05) is 6.92 Å². The Kier molecular flexibility index (Phi) is 5.54. The molecule has 0 bridgehead atoms. The minimum atomic E-state index is 0.316. The van der Waals surface area contributed by atoms with Crippen molar-refractivity contribution in [2.75, 3.05) is 69.0 Å². The fourth-order valence-corrected chi connectivity index (χ4v) is 2.94. The van der Waals surface area contributed by atoms with Gasteiger partial charge in [-0.15, -0.1) is 0 Å². The average Bonchev–Trinajstić information content (AvgIpc) is 2.75. The molecule has 2 aliphatic rings. The quantitative estimate of drug-likeness (QED) is 0.732. The van der Waals surface area contributed by atoms with Crippen LogP contribution in [0, 0.1) is 0 Å². The van der Waals surface area contributed by atoms with Crippen LogP contribution in [0.1, 0.15) is 6.92 Å². The summed E-state index contributed by atoms with van der Waals surface area (Å²) < 4.78 is 16.3. The van der Waals surface area contributed by atoms with Crippen LogP contribution in [-0.2, 0) is 9.47 Å². The molecule has 4 rings (SSSR count). The predicted octanol–water partition coefficient (Wildman–Crippen LogP) is 0.401. The van der Waals surface area contributed by atoms with E-state index in [2.05, 4.69) is 29.7 Å². The molecular formula is C17H23N7O3. The molecule has 10 heteroatoms. The first kappa shape index (κ1) is 17.8. The highest BCUT2D eigenvalue weighted by Crippen LogP contribution is 2.22. The van der Waals surface area contributed by atoms with Crippen molar-refractivity contribution in [1.29, 1.82) is 0 Å². The van der Waals surface area contributed by atoms with Crippen molar-refractivity contribution in [2.45, 2.75) is 6.92 Å². The van der Waals surface area contributed by atoms with Crippen LogP contribution in [0.5, 0.6) is 6.01 Å². The highest BCUT2D eigenvalue weighted by molar-refractivity contribution is 5.54. The van der Waals surface area contributed by atoms with Gasteiger partial charge in [-0.3, -0.25) is 0 Å². The van der Waals surface area contributed by atoms with E-state index in [1.165, 1.54) is 0 Å². The van der Waals surface area contributed by atoms with E-state index in [4.69, 9.17) is 19.2 Å². The standard InChI is InChI=1S/C17H23N7O3/c1-2-27-17-18-4-3-13(19-17)14-20-15(23-5-9-25-10-6-23)22-16(21-14)24-7-11-26-12-8-24/h3-4H,2,5-12H2,1H3. The van der Waals surface area contributed by atoms with E-state index >= 15 is 0 Å². The molecule has 2 saturated heterocycles. The van der Waals surface area contributed by atoms with Crippen LogP contribution in [0.15, 0.2) is 12.3 Å². The molecule has 0 saturated carbocycles. The monoisotopic (exact) mass is 373 g/mol. The fourth-order valence-electron chi connectivity index (χ4n) is 2.94. The van der Waals surface area contributed by atoms with Gasteiger partial charge < -0.3 is 24.0 Å². The highest BCUT2D eigenvalue weighted by Gasteiger charge is 2.21. The summed E-state index contributed by atoms with van der Waals surface area (Å²) in [6.07, 6.45) is 1.65. The molecule has 0 atom stereocenters. The maximum atomic E-state index is 5.45. The lowest BCUT2D eigenvalue weighted by Gasteiger charge is -2.30. The Morgan fingerprint density at radius 2 is 1.48 bits per heavy atom. The van der Waals surface area contributed by atoms with Crippen LogP contribution < -0.4 is 14.5 Å². The van der Waals surface area contributed by atoms with Gasteiger partial charge in [0, 0.05) is 32.4 Å². The summed E-state index contributed by atoms with van der Waals surface area (Å²) >= 11 is 0. The molecule has 144 valence electrons. The van der Waals surface area contributed by atoms with Crippen molar-refractivity contribution >= 4 is 11.9 Å². The van der Waals surface area contributed by atoms with Gasteiger partial charge in [0.05, 0.1) is 33.0 Å². The molecule has 0 spiro atoms. The zero-order valence-corrected chi connectivity index (χ0v) is 15.4. The third-order valence-electron chi connectivity index (χ3n) is 4.34. The van der Waals surface area contributed by atoms with E-state index in [9.17, 15) is 0 Å². The first-order valence-corrected chi connectivity index (χ1v) is 9.21. The summed E-state index contributed by atoms with van der Waals surface area (Å²) in [5, 5.41) is 0. The molecule has 0 unspecified atom stereocenters. The second-order valence-corrected chi connectivity index (χ2v) is 6.12. The molecule has 2 aliphatic heterocycles. The molecule has 27 heavy (non-hydrogen) atoms. The van der Waals surface area contributed by atoms with Gasteiger partial charge in [0.2, 0.25) is 11.9 Å². The lowest BCUT2D eigenvalue weighted by Crippen LogP contribution is -2.40. The number of hydrogen-bond acceptors (Lipinski definition) is 10. The number of ether oxygens (including phenoxy) is 3. The molecule has 0 aliphatic carbocycles. The Labute approximate surface area is 157 Å². The number of anilines is 2. The van der Waals surface area contributed by atoms with Crippen molar-refractivity contribution in [3.05, 3.63) is 12.3 Å². The van der Waals surface area contributed by atoms with Crippen molar-refractivity contribution in [3.63, 3.8) is 0 Å². The summed E-state index contributed by atoms with van der Waals surface area (Å²) in [7, 11) is 0. The lowest BCUT2D eigenvalue weighted by atomic mass is 10.3. The van der Waals surface area contributed by atoms with Gasteiger partial charge in [-0.05, 0) is 13.0 Å². The topological polar surface area (TPSA) is 98.6 Å². The third-order valence-corrected chi connectivity index (χ3v) is 4.34. The van der Waals surface area contributed by atoms with Crippen molar-refractivity contribution in [1.82, 2.24) is 24.9 Å². The third kappa shape index (κ3) is 4.22. The molecule has 10 nitrogen and oxygen atoms in total. The van der Waals surface area contributed by atoms with E-state index in [0.29, 0.717) is 62.5 Å². The van der Waals surface area contributed by atoms with Crippen LogP contribution in [0.2, 0.25) is 0 Å². The van der Waals surface area contributed by atoms with Crippen molar-refractivity contribution in [3.8, 4) is 17.5 Å². The summed E-state index contributed by atoms with van der Waals surface area (Å²) in [6.45, 7) is 8.04. The van der Waals surface area contributed by atoms with Crippen molar-refractivity contribution < 1.29 is 14.2 Å². The van der Waals surface area contributed by atoms with Gasteiger partial charge in [-0.25, -0.2) is 4.98 Å². The SMILES string of the molecule is CCOc1nccc(-c2nc(N3CCOCC3)nc(N3CCOCC3)n2)n1. The molecule has 0 aromatic carbocycles. The van der Waals surface area contributed by atoms with Gasteiger partial charge in [0.1, 0.15) is 5.69 Å². The van der Waals surface area contributed by atoms with Crippen LogP contribution >= 0.6 is 0 Å². The molecule has 0 N–H and O–H groups in total. The summed E-state index contributed by atoms with van der Waals surface area (Å²) in [4.78, 5) is 26.8. The Balaban J connectivity index is 1.71. The van der Waals surface area contributed by atoms with E-state index in [0.717, 1.165) is 26.2 Å². The van der Waals surface area contributed by atoms with E-state index in [-0.39, 0.29) is 0 Å². The highest BCUT2D eigenvalue weighted by atomic mass is 16.5. The number of aromatic nitrogens is 5. The smallest absolute Gasteiger partial charge is 0.316 e. The Morgan fingerprint density at radius 3 is 2.04 bits per heavy atom. The molecule has 0 amide bonds. The average molecular weight is 373 g/mol. The van der Waals surface area contributed by atoms with Crippen LogP contribution in [0.4, 0.5) is 11.9 Å². The van der Waals surface area contributed by atoms with Gasteiger partial charge in [0.25, 0.3) is 0 Å². The number of nitrogens with zero attached hydrogens (tertiary/aromatic N) is 7. The normalized spacial score (nSPS) is 17.8. The molecular weight excluding hydrogens is 350 g/mol. The van der Waals surface area contributed by atoms with Gasteiger partial charge >= 0.3 is 6.01 Å². The van der Waals surface area contributed by atoms with Gasteiger partial charge in [-0.2, -0.15) is 19.9 Å². The Bertz CT molecular complexity index is 728. The van der Waals surface area contributed by atoms with Crippen LogP contribution in [-0.4, -0.2) is 84.1 Å². The van der Waals surface area contributed by atoms with Crippen molar-refractivity contribution in [2.24, 2.45) is 0 Å². The fraction of sp³-hybridized carbons (Fsp3) is 0.588. The van der Waals surface area contributed by atoms with Crippen LogP contribution in [0.25, 0.3) is 11.5 Å². The zero-order chi connectivity index (χ0) is 18.5. The van der Waals surface area contributed by atoms with E-state index < -0.39 is 0 Å². The number of morpholine rings is 2. The van der Waals surface area contributed by atoms with Gasteiger partial charge in [-0.1, -0.05) is 0 Å². The summed E-state index contributed by atoms with van der Waals surface area (Å²) in [5.41, 5.74) is 0.611. The first-order chi connectivity index (χ1) is 13.3. The second-order valence-electron chi connectivity index (χ2n) is 6.12. The molecule has 0 radical (unpaired) electrons. The minimum Gasteiger partial charge on any atom is -0.464 e. The maximum absolute atomic E-state index is 5.45. The number of rotatable bonds is 5. The molecule has 4 heterocycles. The minimum absolute atomic E-state index is 0.316. The van der Waals surface area contributed by atoms with Gasteiger partial charge in [0.15, 0.2) is 5.82 Å². The molecule has 2 aromatic rings. The zero-order valence-electron chi connectivity index (χ0n) is 15.4. The summed E-state index contributed by atoms with van der Waals surface area (Å²) in [5.74, 6) is 1.79. The largest absolute Gasteiger partial charge is 0.464 e. The van der Waals surface area contributed by atoms with Crippen LogP contribution in [0.3, 0.4) is 0 Å². The predicted molar refractivity (Wildman–Crippen MR) is 98.1 cm³/mol.